The van der Waals surface area contributed by atoms with Crippen molar-refractivity contribution in [2.75, 3.05) is 0 Å². The molecule has 0 aliphatic rings. The average molecular weight is 585 g/mol. The summed E-state index contributed by atoms with van der Waals surface area (Å²) in [5.41, 5.74) is 10.9. The van der Waals surface area contributed by atoms with Gasteiger partial charge in [0, 0.05) is 38.3 Å². The molecule has 2 aromatic heterocycles. The Bertz CT molecular complexity index is 2800. The van der Waals surface area contributed by atoms with Crippen molar-refractivity contribution in [1.29, 1.82) is 0 Å². The van der Waals surface area contributed by atoms with Gasteiger partial charge in [0.25, 0.3) is 0 Å². The highest BCUT2D eigenvalue weighted by molar-refractivity contribution is 6.24. The topological polar surface area (TPSA) is 20.7 Å². The summed E-state index contributed by atoms with van der Waals surface area (Å²) >= 11 is 0. The molecule has 0 aliphatic carbocycles. The summed E-state index contributed by atoms with van der Waals surface area (Å²) in [6, 6.07) is 59.8. The molecule has 0 fully saturated rings. The third kappa shape index (κ3) is 3.71. The third-order valence-electron chi connectivity index (χ3n) is 9.68. The minimum atomic E-state index is 1.17. The van der Waals surface area contributed by atoms with E-state index < -0.39 is 0 Å². The van der Waals surface area contributed by atoms with Gasteiger partial charge < -0.3 is 9.55 Å². The second kappa shape index (κ2) is 9.69. The number of para-hydroxylation sites is 3. The highest BCUT2D eigenvalue weighted by Crippen LogP contribution is 2.42. The van der Waals surface area contributed by atoms with Crippen LogP contribution >= 0.6 is 0 Å². The summed E-state index contributed by atoms with van der Waals surface area (Å²) in [6.45, 7) is 0. The maximum Gasteiger partial charge on any atom is 0.0553 e. The van der Waals surface area contributed by atoms with E-state index in [1.807, 2.05) is 0 Å². The normalized spacial score (nSPS) is 11.9. The van der Waals surface area contributed by atoms with Gasteiger partial charge in [-0.05, 0) is 92.3 Å². The zero-order valence-corrected chi connectivity index (χ0v) is 25.0. The van der Waals surface area contributed by atoms with Gasteiger partial charge in [0.05, 0.1) is 11.0 Å². The molecule has 1 N–H and O–H groups in total. The predicted molar refractivity (Wildman–Crippen MR) is 196 cm³/mol. The lowest BCUT2D eigenvalue weighted by Crippen LogP contribution is -1.94. The molecule has 10 aromatic rings. The zero-order chi connectivity index (χ0) is 30.2. The van der Waals surface area contributed by atoms with Crippen molar-refractivity contribution in [3.05, 3.63) is 164 Å². The maximum atomic E-state index is 3.60. The first-order valence-electron chi connectivity index (χ1n) is 15.9. The summed E-state index contributed by atoms with van der Waals surface area (Å²) in [6.07, 6.45) is 0. The Kier molecular flexibility index (Phi) is 5.31. The minimum Gasteiger partial charge on any atom is -0.354 e. The van der Waals surface area contributed by atoms with Crippen LogP contribution in [-0.4, -0.2) is 9.55 Å². The number of aromatic amines is 1. The number of hydrogen-bond donors (Lipinski definition) is 1. The van der Waals surface area contributed by atoms with Gasteiger partial charge in [-0.25, -0.2) is 0 Å². The number of nitrogens with zero attached hydrogens (tertiary/aromatic N) is 1. The van der Waals surface area contributed by atoms with Gasteiger partial charge in [0.15, 0.2) is 0 Å². The first-order chi connectivity index (χ1) is 22.8. The number of fused-ring (bicyclic) bond motifs is 9. The molecular weight excluding hydrogens is 556 g/mol. The number of benzene rings is 8. The molecule has 0 unspecified atom stereocenters. The number of hydrogen-bond acceptors (Lipinski definition) is 0. The molecule has 10 rings (SSSR count). The Morgan fingerprint density at radius 1 is 0.370 bits per heavy atom. The van der Waals surface area contributed by atoms with E-state index in [1.165, 1.54) is 93.1 Å². The quantitative estimate of drug-likeness (QED) is 0.213. The molecule has 0 aliphatic heterocycles. The van der Waals surface area contributed by atoms with Crippen LogP contribution in [0.5, 0.6) is 0 Å². The molecule has 2 nitrogen and oxygen atoms in total. The van der Waals surface area contributed by atoms with E-state index in [0.29, 0.717) is 0 Å². The van der Waals surface area contributed by atoms with Crippen LogP contribution in [0.4, 0.5) is 0 Å². The van der Waals surface area contributed by atoms with Crippen molar-refractivity contribution in [2.45, 2.75) is 0 Å². The first kappa shape index (κ1) is 25.2. The lowest BCUT2D eigenvalue weighted by Gasteiger charge is -2.13. The summed E-state index contributed by atoms with van der Waals surface area (Å²) in [7, 11) is 0. The predicted octanol–water partition coefficient (Wildman–Crippen LogP) is 12.1. The molecule has 0 radical (unpaired) electrons. The summed E-state index contributed by atoms with van der Waals surface area (Å²) in [5, 5.41) is 10.1. The van der Waals surface area contributed by atoms with E-state index in [9.17, 15) is 0 Å². The average Bonchev–Trinajstić information content (AvgIpc) is 3.66. The van der Waals surface area contributed by atoms with Crippen molar-refractivity contribution >= 4 is 65.2 Å². The molecule has 0 amide bonds. The van der Waals surface area contributed by atoms with Crippen molar-refractivity contribution in [1.82, 2.24) is 9.55 Å². The molecule has 214 valence electrons. The Hall–Kier alpha value is -6.12. The first-order valence-corrected chi connectivity index (χ1v) is 15.9. The molecule has 0 bridgehead atoms. The summed E-state index contributed by atoms with van der Waals surface area (Å²) in [5.74, 6) is 0. The fourth-order valence-corrected chi connectivity index (χ4v) is 7.55. The molecule has 0 atom stereocenters. The van der Waals surface area contributed by atoms with Gasteiger partial charge >= 0.3 is 0 Å². The second-order valence-electron chi connectivity index (χ2n) is 12.3. The number of rotatable bonds is 3. The standard InChI is InChI=1S/C44H28N2/c1-2-10-33(11-3-1)46-42-17-9-7-15-38(42)44-37-14-5-4-12-34(37)39(27-43(44)46)32-21-20-28-24-29(18-19-30(28)25-32)31-22-23-36-35-13-6-8-16-40(35)45-41(36)26-31/h1-27,45H. The van der Waals surface area contributed by atoms with Gasteiger partial charge in [-0.15, -0.1) is 0 Å². The summed E-state index contributed by atoms with van der Waals surface area (Å²) in [4.78, 5) is 3.60. The van der Waals surface area contributed by atoms with Crippen LogP contribution in [0.3, 0.4) is 0 Å². The molecule has 2 heteroatoms. The Morgan fingerprint density at radius 2 is 0.978 bits per heavy atom. The van der Waals surface area contributed by atoms with Gasteiger partial charge in [0.2, 0.25) is 0 Å². The highest BCUT2D eigenvalue weighted by Gasteiger charge is 2.18. The fourth-order valence-electron chi connectivity index (χ4n) is 7.55. The fraction of sp³-hybridized carbons (Fsp3) is 0. The van der Waals surface area contributed by atoms with Crippen molar-refractivity contribution in [2.24, 2.45) is 0 Å². The minimum absolute atomic E-state index is 1.17. The number of nitrogens with one attached hydrogen (secondary N) is 1. The Morgan fingerprint density at radius 3 is 1.83 bits per heavy atom. The molecule has 0 saturated heterocycles. The zero-order valence-electron chi connectivity index (χ0n) is 25.0. The smallest absolute Gasteiger partial charge is 0.0553 e. The number of H-pyrrole nitrogens is 1. The van der Waals surface area contributed by atoms with Crippen molar-refractivity contribution in [3.63, 3.8) is 0 Å². The molecular formula is C44H28N2. The van der Waals surface area contributed by atoms with Gasteiger partial charge in [-0.3, -0.25) is 0 Å². The molecule has 8 aromatic carbocycles. The van der Waals surface area contributed by atoms with Crippen LogP contribution in [-0.2, 0) is 0 Å². The van der Waals surface area contributed by atoms with E-state index >= 15 is 0 Å². The molecule has 0 spiro atoms. The SMILES string of the molecule is c1ccc(-n2c3ccccc3c3c4ccccc4c(-c4ccc5cc(-c6ccc7c(c6)[nH]c6ccccc67)ccc5c4)cc32)cc1. The number of aromatic nitrogens is 2. The lowest BCUT2D eigenvalue weighted by molar-refractivity contribution is 1.18. The van der Waals surface area contributed by atoms with E-state index in [-0.39, 0.29) is 0 Å². The molecule has 46 heavy (non-hydrogen) atoms. The third-order valence-corrected chi connectivity index (χ3v) is 9.68. The highest BCUT2D eigenvalue weighted by atomic mass is 15.0. The Balaban J connectivity index is 1.15. The lowest BCUT2D eigenvalue weighted by atomic mass is 9.93. The largest absolute Gasteiger partial charge is 0.354 e. The van der Waals surface area contributed by atoms with Crippen molar-refractivity contribution < 1.29 is 0 Å². The second-order valence-corrected chi connectivity index (χ2v) is 12.3. The van der Waals surface area contributed by atoms with Crippen LogP contribution in [0, 0.1) is 0 Å². The maximum absolute atomic E-state index is 3.60. The van der Waals surface area contributed by atoms with Crippen molar-refractivity contribution in [3.8, 4) is 27.9 Å². The van der Waals surface area contributed by atoms with E-state index in [2.05, 4.69) is 173 Å². The van der Waals surface area contributed by atoms with Gasteiger partial charge in [-0.2, -0.15) is 0 Å². The monoisotopic (exact) mass is 584 g/mol. The van der Waals surface area contributed by atoms with Crippen LogP contribution in [0.1, 0.15) is 0 Å². The molecule has 0 saturated carbocycles. The molecule has 2 heterocycles. The van der Waals surface area contributed by atoms with Crippen LogP contribution < -0.4 is 0 Å². The van der Waals surface area contributed by atoms with Gasteiger partial charge in [0.1, 0.15) is 0 Å². The van der Waals surface area contributed by atoms with Crippen LogP contribution in [0.15, 0.2) is 164 Å². The van der Waals surface area contributed by atoms with E-state index in [0.717, 1.165) is 0 Å². The van der Waals surface area contributed by atoms with Gasteiger partial charge in [-0.1, -0.05) is 115 Å². The van der Waals surface area contributed by atoms with Crippen LogP contribution in [0.2, 0.25) is 0 Å². The van der Waals surface area contributed by atoms with E-state index in [1.54, 1.807) is 0 Å². The Labute approximate surface area is 265 Å². The summed E-state index contributed by atoms with van der Waals surface area (Å²) < 4.78 is 2.41. The van der Waals surface area contributed by atoms with Crippen LogP contribution in [0.25, 0.3) is 93.1 Å². The van der Waals surface area contributed by atoms with E-state index in [4.69, 9.17) is 0 Å².